The molecule has 0 unspecified atom stereocenters. The largest absolute Gasteiger partial charge is 0.392 e. The van der Waals surface area contributed by atoms with Crippen molar-refractivity contribution in [3.63, 3.8) is 0 Å². The van der Waals surface area contributed by atoms with Gasteiger partial charge in [0.15, 0.2) is 0 Å². The first-order valence-corrected chi connectivity index (χ1v) is 6.68. The summed E-state index contributed by atoms with van der Waals surface area (Å²) in [5.41, 5.74) is 2.31. The molecule has 2 aromatic heterocycles. The molecule has 21 heavy (non-hydrogen) atoms. The van der Waals surface area contributed by atoms with E-state index in [0.29, 0.717) is 22.0 Å². The summed E-state index contributed by atoms with van der Waals surface area (Å²) < 4.78 is 0. The molecule has 5 nitrogen and oxygen atoms in total. The second-order valence-electron chi connectivity index (χ2n) is 4.56. The monoisotopic (exact) mass is 301 g/mol. The highest BCUT2D eigenvalue weighted by Crippen LogP contribution is 2.21. The molecule has 6 heteroatoms. The molecule has 1 amide bonds. The number of amides is 1. The van der Waals surface area contributed by atoms with Gasteiger partial charge >= 0.3 is 0 Å². The van der Waals surface area contributed by atoms with E-state index in [1.54, 1.807) is 30.5 Å². The zero-order valence-corrected chi connectivity index (χ0v) is 11.7. The predicted octanol–water partition coefficient (Wildman–Crippen LogP) is 2.96. The molecule has 2 heterocycles. The minimum Gasteiger partial charge on any atom is -0.392 e. The predicted molar refractivity (Wildman–Crippen MR) is 81.4 cm³/mol. The molecule has 106 valence electrons. The molecule has 0 saturated heterocycles. The van der Waals surface area contributed by atoms with Gasteiger partial charge in [0, 0.05) is 27.7 Å². The second-order valence-corrected chi connectivity index (χ2v) is 5.00. The molecule has 0 aliphatic rings. The number of hydrogen-bond acceptors (Lipinski definition) is 3. The Bertz CT molecular complexity index is 814. The van der Waals surface area contributed by atoms with E-state index in [4.69, 9.17) is 11.6 Å². The van der Waals surface area contributed by atoms with Crippen LogP contribution in [0.5, 0.6) is 0 Å². The number of aromatic amines is 1. The number of hydrogen-bond donors (Lipinski definition) is 3. The van der Waals surface area contributed by atoms with Crippen LogP contribution in [0, 0.1) is 0 Å². The van der Waals surface area contributed by atoms with Crippen LogP contribution in [-0.2, 0) is 6.61 Å². The van der Waals surface area contributed by atoms with Gasteiger partial charge in [-0.25, -0.2) is 0 Å². The third-order valence-corrected chi connectivity index (χ3v) is 3.39. The Hall–Kier alpha value is -2.37. The van der Waals surface area contributed by atoms with Crippen LogP contribution in [0.2, 0.25) is 5.02 Å². The molecule has 0 radical (unpaired) electrons. The summed E-state index contributed by atoms with van der Waals surface area (Å²) in [5.74, 6) is -0.301. The van der Waals surface area contributed by atoms with E-state index in [2.05, 4.69) is 15.3 Å². The summed E-state index contributed by atoms with van der Waals surface area (Å²) in [6.07, 6.45) is 3.06. The lowest BCUT2D eigenvalue weighted by Gasteiger charge is -2.07. The summed E-state index contributed by atoms with van der Waals surface area (Å²) in [7, 11) is 0. The summed E-state index contributed by atoms with van der Waals surface area (Å²) in [6, 6.07) is 8.77. The molecule has 0 saturated carbocycles. The van der Waals surface area contributed by atoms with Gasteiger partial charge in [0.1, 0.15) is 5.69 Å². The number of aromatic nitrogens is 2. The Morgan fingerprint density at radius 1 is 1.33 bits per heavy atom. The number of carbonyl (C=O) groups excluding carboxylic acids is 1. The van der Waals surface area contributed by atoms with Crippen molar-refractivity contribution in [2.75, 3.05) is 5.32 Å². The van der Waals surface area contributed by atoms with E-state index in [1.165, 1.54) is 6.20 Å². The van der Waals surface area contributed by atoms with Gasteiger partial charge in [-0.15, -0.1) is 0 Å². The van der Waals surface area contributed by atoms with Crippen LogP contribution in [0.4, 0.5) is 5.69 Å². The minimum absolute atomic E-state index is 0.166. The van der Waals surface area contributed by atoms with Gasteiger partial charge in [-0.1, -0.05) is 17.7 Å². The molecule has 0 atom stereocenters. The molecule has 3 N–H and O–H groups in total. The van der Waals surface area contributed by atoms with Crippen molar-refractivity contribution in [3.05, 3.63) is 59.0 Å². The van der Waals surface area contributed by atoms with Gasteiger partial charge in [0.25, 0.3) is 5.91 Å². The summed E-state index contributed by atoms with van der Waals surface area (Å²) in [6.45, 7) is -0.166. The maximum atomic E-state index is 12.3. The summed E-state index contributed by atoms with van der Waals surface area (Å²) in [5, 5.41) is 13.5. The van der Waals surface area contributed by atoms with Crippen molar-refractivity contribution in [2.24, 2.45) is 0 Å². The van der Waals surface area contributed by atoms with Gasteiger partial charge in [-0.3, -0.25) is 9.78 Å². The van der Waals surface area contributed by atoms with E-state index in [-0.39, 0.29) is 12.5 Å². The number of aliphatic hydroxyl groups excluding tert-OH is 1. The Labute approximate surface area is 125 Å². The fourth-order valence-electron chi connectivity index (χ4n) is 2.08. The first-order valence-electron chi connectivity index (χ1n) is 6.31. The number of fused-ring (bicyclic) bond motifs is 1. The number of anilines is 1. The van der Waals surface area contributed by atoms with Gasteiger partial charge in [-0.05, 0) is 24.3 Å². The van der Waals surface area contributed by atoms with E-state index < -0.39 is 0 Å². The van der Waals surface area contributed by atoms with Crippen LogP contribution in [0.15, 0.2) is 42.7 Å². The topological polar surface area (TPSA) is 78.0 Å². The zero-order valence-electron chi connectivity index (χ0n) is 10.9. The number of benzene rings is 1. The molecule has 3 aromatic rings. The number of halogens is 1. The fourth-order valence-corrected chi connectivity index (χ4v) is 2.26. The lowest BCUT2D eigenvalue weighted by Crippen LogP contribution is -2.13. The van der Waals surface area contributed by atoms with Gasteiger partial charge < -0.3 is 15.4 Å². The van der Waals surface area contributed by atoms with E-state index in [1.807, 2.05) is 6.07 Å². The highest BCUT2D eigenvalue weighted by molar-refractivity contribution is 6.31. The quantitative estimate of drug-likeness (QED) is 0.696. The van der Waals surface area contributed by atoms with Crippen molar-refractivity contribution in [3.8, 4) is 0 Å². The first kappa shape index (κ1) is 13.6. The second kappa shape index (κ2) is 5.55. The number of nitrogens with zero attached hydrogens (tertiary/aromatic N) is 1. The third-order valence-electron chi connectivity index (χ3n) is 3.16. The van der Waals surface area contributed by atoms with Crippen molar-refractivity contribution < 1.29 is 9.90 Å². The van der Waals surface area contributed by atoms with Crippen LogP contribution in [0.25, 0.3) is 10.9 Å². The van der Waals surface area contributed by atoms with Crippen LogP contribution >= 0.6 is 11.6 Å². The SMILES string of the molecule is O=C(Nc1cnccc1CO)c1cc2ccc(Cl)cc2[nH]1. The Morgan fingerprint density at radius 3 is 3.00 bits per heavy atom. The fraction of sp³-hybridized carbons (Fsp3) is 0.0667. The zero-order chi connectivity index (χ0) is 14.8. The third kappa shape index (κ3) is 2.74. The summed E-state index contributed by atoms with van der Waals surface area (Å²) in [4.78, 5) is 19.2. The van der Waals surface area contributed by atoms with Crippen molar-refractivity contribution >= 4 is 34.1 Å². The van der Waals surface area contributed by atoms with Crippen molar-refractivity contribution in [1.29, 1.82) is 0 Å². The first-order chi connectivity index (χ1) is 10.2. The average molecular weight is 302 g/mol. The van der Waals surface area contributed by atoms with E-state index in [0.717, 1.165) is 10.9 Å². The number of pyridine rings is 1. The van der Waals surface area contributed by atoms with Crippen LogP contribution in [0.1, 0.15) is 16.1 Å². The lowest BCUT2D eigenvalue weighted by atomic mass is 10.2. The highest BCUT2D eigenvalue weighted by atomic mass is 35.5. The molecule has 1 aromatic carbocycles. The normalized spacial score (nSPS) is 10.8. The standard InChI is InChI=1S/C15H12ClN3O2/c16-11-2-1-9-5-13(18-12(9)6-11)15(21)19-14-7-17-4-3-10(14)8-20/h1-7,18,20H,8H2,(H,19,21). The molecular weight excluding hydrogens is 290 g/mol. The molecule has 0 aliphatic carbocycles. The smallest absolute Gasteiger partial charge is 0.272 e. The number of aliphatic hydroxyl groups is 1. The van der Waals surface area contributed by atoms with Gasteiger partial charge in [-0.2, -0.15) is 0 Å². The Balaban J connectivity index is 1.90. The number of nitrogens with one attached hydrogen (secondary N) is 2. The number of rotatable bonds is 3. The van der Waals surface area contributed by atoms with Gasteiger partial charge in [0.05, 0.1) is 18.5 Å². The lowest BCUT2D eigenvalue weighted by molar-refractivity contribution is 0.102. The van der Waals surface area contributed by atoms with Crippen molar-refractivity contribution in [1.82, 2.24) is 9.97 Å². The molecule has 3 rings (SSSR count). The molecule has 0 fully saturated rings. The van der Waals surface area contributed by atoms with Crippen LogP contribution in [-0.4, -0.2) is 21.0 Å². The maximum absolute atomic E-state index is 12.3. The van der Waals surface area contributed by atoms with Gasteiger partial charge in [0.2, 0.25) is 0 Å². The van der Waals surface area contributed by atoms with E-state index in [9.17, 15) is 9.90 Å². The Kier molecular flexibility index (Phi) is 3.60. The maximum Gasteiger partial charge on any atom is 0.272 e. The minimum atomic E-state index is -0.301. The average Bonchev–Trinajstić information content (AvgIpc) is 2.91. The number of carbonyl (C=O) groups is 1. The Morgan fingerprint density at radius 2 is 2.19 bits per heavy atom. The van der Waals surface area contributed by atoms with Crippen LogP contribution < -0.4 is 5.32 Å². The molecule has 0 aliphatic heterocycles. The van der Waals surface area contributed by atoms with Crippen LogP contribution in [0.3, 0.4) is 0 Å². The summed E-state index contributed by atoms with van der Waals surface area (Å²) >= 11 is 5.92. The highest BCUT2D eigenvalue weighted by Gasteiger charge is 2.12. The van der Waals surface area contributed by atoms with E-state index >= 15 is 0 Å². The molecule has 0 bridgehead atoms. The van der Waals surface area contributed by atoms with Crippen molar-refractivity contribution in [2.45, 2.75) is 6.61 Å². The number of H-pyrrole nitrogens is 1. The molecular formula is C15H12ClN3O2. The molecule has 0 spiro atoms.